The first-order valence-corrected chi connectivity index (χ1v) is 7.10. The normalized spacial score (nSPS) is 14.1. The molecule has 2 unspecified atom stereocenters. The highest BCUT2D eigenvalue weighted by Gasteiger charge is 2.13. The van der Waals surface area contributed by atoms with Crippen molar-refractivity contribution in [1.82, 2.24) is 5.32 Å². The van der Waals surface area contributed by atoms with Gasteiger partial charge in [-0.15, -0.1) is 0 Å². The smallest absolute Gasteiger partial charge is 0.220 e. The summed E-state index contributed by atoms with van der Waals surface area (Å²) in [5, 5.41) is 12.4. The molecule has 0 aliphatic carbocycles. The van der Waals surface area contributed by atoms with Gasteiger partial charge in [0.25, 0.3) is 0 Å². The highest BCUT2D eigenvalue weighted by molar-refractivity contribution is 5.76. The van der Waals surface area contributed by atoms with Crippen LogP contribution in [0, 0.1) is 11.7 Å². The fraction of sp³-hybridized carbons (Fsp3) is 0.562. The number of nitrogens with one attached hydrogen (secondary N) is 1. The molecule has 0 aliphatic heterocycles. The summed E-state index contributed by atoms with van der Waals surface area (Å²) in [4.78, 5) is 11.8. The van der Waals surface area contributed by atoms with E-state index in [1.807, 2.05) is 26.8 Å². The Morgan fingerprint density at radius 1 is 1.35 bits per heavy atom. The summed E-state index contributed by atoms with van der Waals surface area (Å²) in [6, 6.07) is 6.33. The third kappa shape index (κ3) is 5.70. The molecule has 0 radical (unpaired) electrons. The van der Waals surface area contributed by atoms with E-state index in [1.54, 1.807) is 6.07 Å². The fourth-order valence-electron chi connectivity index (χ4n) is 1.97. The van der Waals surface area contributed by atoms with Crippen molar-refractivity contribution < 1.29 is 14.3 Å². The van der Waals surface area contributed by atoms with Gasteiger partial charge >= 0.3 is 0 Å². The van der Waals surface area contributed by atoms with Gasteiger partial charge in [0, 0.05) is 13.0 Å². The average molecular weight is 281 g/mol. The third-order valence-electron chi connectivity index (χ3n) is 3.44. The molecule has 1 rings (SSSR count). The zero-order valence-corrected chi connectivity index (χ0v) is 12.4. The Bertz CT molecular complexity index is 434. The van der Waals surface area contributed by atoms with Gasteiger partial charge in [-0.25, -0.2) is 4.39 Å². The van der Waals surface area contributed by atoms with Crippen LogP contribution in [0.2, 0.25) is 0 Å². The van der Waals surface area contributed by atoms with Crippen molar-refractivity contribution in [3.8, 4) is 0 Å². The van der Waals surface area contributed by atoms with E-state index in [9.17, 15) is 14.3 Å². The Morgan fingerprint density at radius 2 is 2.05 bits per heavy atom. The van der Waals surface area contributed by atoms with Crippen LogP contribution in [0.3, 0.4) is 0 Å². The van der Waals surface area contributed by atoms with Crippen molar-refractivity contribution in [1.29, 1.82) is 0 Å². The largest absolute Gasteiger partial charge is 0.393 e. The molecule has 0 saturated heterocycles. The second-order valence-electron chi connectivity index (χ2n) is 5.61. The molecule has 0 aromatic heterocycles. The molecule has 0 spiro atoms. The van der Waals surface area contributed by atoms with E-state index in [1.165, 1.54) is 12.1 Å². The minimum Gasteiger partial charge on any atom is -0.393 e. The van der Waals surface area contributed by atoms with Gasteiger partial charge in [-0.05, 0) is 36.0 Å². The summed E-state index contributed by atoms with van der Waals surface area (Å²) in [5.74, 6) is -0.189. The lowest BCUT2D eigenvalue weighted by Gasteiger charge is -2.15. The zero-order chi connectivity index (χ0) is 15.1. The van der Waals surface area contributed by atoms with Crippen LogP contribution in [-0.2, 0) is 4.79 Å². The first-order chi connectivity index (χ1) is 9.40. The summed E-state index contributed by atoms with van der Waals surface area (Å²) in [6.45, 7) is 6.25. The second kappa shape index (κ2) is 8.00. The second-order valence-corrected chi connectivity index (χ2v) is 5.61. The van der Waals surface area contributed by atoms with Crippen LogP contribution < -0.4 is 5.32 Å². The quantitative estimate of drug-likeness (QED) is 0.807. The molecular weight excluding hydrogens is 257 g/mol. The molecule has 20 heavy (non-hydrogen) atoms. The average Bonchev–Trinajstić information content (AvgIpc) is 2.38. The Labute approximate surface area is 120 Å². The highest BCUT2D eigenvalue weighted by Crippen LogP contribution is 2.19. The number of amides is 1. The molecule has 2 N–H and O–H groups in total. The molecular formula is C16H24FNO2. The van der Waals surface area contributed by atoms with Gasteiger partial charge in [0.15, 0.2) is 0 Å². The van der Waals surface area contributed by atoms with Crippen LogP contribution in [0.4, 0.5) is 4.39 Å². The molecule has 2 atom stereocenters. The van der Waals surface area contributed by atoms with Crippen molar-refractivity contribution in [2.24, 2.45) is 5.92 Å². The van der Waals surface area contributed by atoms with E-state index < -0.39 is 6.10 Å². The first-order valence-electron chi connectivity index (χ1n) is 7.10. The third-order valence-corrected chi connectivity index (χ3v) is 3.44. The molecule has 4 heteroatoms. The van der Waals surface area contributed by atoms with Crippen molar-refractivity contribution >= 4 is 5.91 Å². The number of carbonyl (C=O) groups excluding carboxylic acids is 1. The Balaban J connectivity index is 2.35. The standard InChI is InChI=1S/C16H24FNO2/c1-11(2)15(19)7-8-18-16(20)9-12(3)13-5-4-6-14(17)10-13/h4-6,10-12,15,19H,7-9H2,1-3H3,(H,18,20). The van der Waals surface area contributed by atoms with Crippen molar-refractivity contribution in [3.63, 3.8) is 0 Å². The molecule has 0 fully saturated rings. The minimum absolute atomic E-state index is 0.0271. The molecule has 1 aromatic rings. The summed E-state index contributed by atoms with van der Waals surface area (Å²) in [5.41, 5.74) is 0.822. The summed E-state index contributed by atoms with van der Waals surface area (Å²) < 4.78 is 13.1. The Kier molecular flexibility index (Phi) is 6.65. The van der Waals surface area contributed by atoms with Crippen LogP contribution >= 0.6 is 0 Å². The fourth-order valence-corrected chi connectivity index (χ4v) is 1.97. The molecule has 1 amide bonds. The number of aliphatic hydroxyl groups is 1. The van der Waals surface area contributed by atoms with E-state index >= 15 is 0 Å². The number of benzene rings is 1. The van der Waals surface area contributed by atoms with Gasteiger partial charge in [0.1, 0.15) is 5.82 Å². The molecule has 3 nitrogen and oxygen atoms in total. The molecule has 0 aliphatic rings. The maximum atomic E-state index is 13.1. The number of hydrogen-bond acceptors (Lipinski definition) is 2. The monoisotopic (exact) mass is 281 g/mol. The number of halogens is 1. The van der Waals surface area contributed by atoms with Crippen molar-refractivity contribution in [2.75, 3.05) is 6.54 Å². The van der Waals surface area contributed by atoms with Crippen LogP contribution in [-0.4, -0.2) is 23.7 Å². The number of carbonyl (C=O) groups is 1. The minimum atomic E-state index is -0.393. The predicted molar refractivity (Wildman–Crippen MR) is 77.9 cm³/mol. The zero-order valence-electron chi connectivity index (χ0n) is 12.4. The van der Waals surface area contributed by atoms with Crippen molar-refractivity contribution in [3.05, 3.63) is 35.6 Å². The molecule has 0 saturated carbocycles. The van der Waals surface area contributed by atoms with Gasteiger partial charge in [-0.3, -0.25) is 4.79 Å². The van der Waals surface area contributed by atoms with Gasteiger partial charge < -0.3 is 10.4 Å². The first kappa shape index (κ1) is 16.6. The van der Waals surface area contributed by atoms with Gasteiger partial charge in [-0.1, -0.05) is 32.9 Å². The van der Waals surface area contributed by atoms with Crippen LogP contribution in [0.15, 0.2) is 24.3 Å². The van der Waals surface area contributed by atoms with E-state index in [0.717, 1.165) is 5.56 Å². The van der Waals surface area contributed by atoms with E-state index in [4.69, 9.17) is 0 Å². The number of hydrogen-bond donors (Lipinski definition) is 2. The Morgan fingerprint density at radius 3 is 2.65 bits per heavy atom. The summed E-state index contributed by atoms with van der Waals surface area (Å²) in [7, 11) is 0. The maximum Gasteiger partial charge on any atom is 0.220 e. The molecule has 1 aromatic carbocycles. The molecule has 0 heterocycles. The number of rotatable bonds is 7. The SMILES string of the molecule is CC(CC(=O)NCCC(O)C(C)C)c1cccc(F)c1. The van der Waals surface area contributed by atoms with Gasteiger partial charge in [-0.2, -0.15) is 0 Å². The lowest BCUT2D eigenvalue weighted by molar-refractivity contribution is -0.121. The van der Waals surface area contributed by atoms with Gasteiger partial charge in [0.2, 0.25) is 5.91 Å². The van der Waals surface area contributed by atoms with Crippen molar-refractivity contribution in [2.45, 2.75) is 45.6 Å². The lowest BCUT2D eigenvalue weighted by atomic mass is 9.97. The number of aliphatic hydroxyl groups excluding tert-OH is 1. The van der Waals surface area contributed by atoms with Crippen LogP contribution in [0.5, 0.6) is 0 Å². The lowest BCUT2D eigenvalue weighted by Crippen LogP contribution is -2.29. The van der Waals surface area contributed by atoms with Crippen LogP contribution in [0.1, 0.15) is 45.1 Å². The van der Waals surface area contributed by atoms with E-state index in [0.29, 0.717) is 19.4 Å². The van der Waals surface area contributed by atoms with E-state index in [2.05, 4.69) is 5.32 Å². The van der Waals surface area contributed by atoms with Gasteiger partial charge in [0.05, 0.1) is 6.10 Å². The summed E-state index contributed by atoms with van der Waals surface area (Å²) in [6.07, 6.45) is 0.481. The molecule has 0 bridgehead atoms. The Hall–Kier alpha value is -1.42. The molecule has 112 valence electrons. The summed E-state index contributed by atoms with van der Waals surface area (Å²) >= 11 is 0. The topological polar surface area (TPSA) is 49.3 Å². The van der Waals surface area contributed by atoms with E-state index in [-0.39, 0.29) is 23.6 Å². The predicted octanol–water partition coefficient (Wildman–Crippen LogP) is 2.84. The maximum absolute atomic E-state index is 13.1. The highest BCUT2D eigenvalue weighted by atomic mass is 19.1. The van der Waals surface area contributed by atoms with Crippen LogP contribution in [0.25, 0.3) is 0 Å².